The Bertz CT molecular complexity index is 1600. The number of nitrogens with two attached hydrogens (primary N) is 1. The summed E-state index contributed by atoms with van der Waals surface area (Å²) in [6, 6.07) is 10.2. The Morgan fingerprint density at radius 1 is 1.33 bits per heavy atom. The van der Waals surface area contributed by atoms with Crippen LogP contribution in [0, 0.1) is 17.1 Å². The number of carbonyl (C=O) groups is 1. The quantitative estimate of drug-likeness (QED) is 0.461. The van der Waals surface area contributed by atoms with Crippen LogP contribution in [0.15, 0.2) is 42.7 Å². The lowest BCUT2D eigenvalue weighted by Crippen LogP contribution is -2.34. The van der Waals surface area contributed by atoms with Crippen LogP contribution in [0.2, 0.25) is 0 Å². The van der Waals surface area contributed by atoms with Gasteiger partial charge in [-0.25, -0.2) is 9.37 Å². The van der Waals surface area contributed by atoms with Crippen LogP contribution >= 0.6 is 0 Å². The van der Waals surface area contributed by atoms with E-state index in [0.29, 0.717) is 47.4 Å². The van der Waals surface area contributed by atoms with E-state index in [4.69, 9.17) is 10.5 Å². The largest absolute Gasteiger partial charge is 0.383 e. The number of halogens is 1. The van der Waals surface area contributed by atoms with Gasteiger partial charge in [-0.3, -0.25) is 14.4 Å². The van der Waals surface area contributed by atoms with Crippen LogP contribution in [0.5, 0.6) is 0 Å². The van der Waals surface area contributed by atoms with Crippen LogP contribution < -0.4 is 10.6 Å². The Morgan fingerprint density at radius 3 is 2.92 bits per heavy atom. The molecule has 0 bridgehead atoms. The first-order chi connectivity index (χ1) is 17.4. The number of pyridine rings is 1. The summed E-state index contributed by atoms with van der Waals surface area (Å²) >= 11 is 0. The van der Waals surface area contributed by atoms with Crippen molar-refractivity contribution in [2.75, 3.05) is 10.6 Å². The van der Waals surface area contributed by atoms with E-state index < -0.39 is 11.7 Å². The van der Waals surface area contributed by atoms with E-state index in [-0.39, 0.29) is 17.7 Å². The predicted octanol–water partition coefficient (Wildman–Crippen LogP) is 4.49. The topological polar surface area (TPSA) is 110 Å². The Labute approximate surface area is 206 Å². The van der Waals surface area contributed by atoms with Gasteiger partial charge in [0, 0.05) is 30.3 Å². The average molecular weight is 483 g/mol. The second-order valence-corrected chi connectivity index (χ2v) is 9.32. The lowest BCUT2D eigenvalue weighted by Gasteiger charge is -2.29. The number of hydrogen-bond donors (Lipinski definition) is 1. The molecule has 0 spiro atoms. The number of amides is 1. The van der Waals surface area contributed by atoms with E-state index in [1.807, 2.05) is 19.1 Å². The van der Waals surface area contributed by atoms with Gasteiger partial charge in [0.15, 0.2) is 0 Å². The maximum atomic E-state index is 15.5. The number of benzene rings is 2. The molecular formula is C27H23FN6O2. The molecular weight excluding hydrogens is 459 g/mol. The molecule has 1 aliphatic carbocycles. The third-order valence-electron chi connectivity index (χ3n) is 7.19. The molecule has 0 saturated carbocycles. The number of nitriles is 1. The average Bonchev–Trinajstić information content (AvgIpc) is 3.58. The van der Waals surface area contributed by atoms with Gasteiger partial charge in [0.1, 0.15) is 11.6 Å². The van der Waals surface area contributed by atoms with Crippen LogP contribution in [0.3, 0.4) is 0 Å². The van der Waals surface area contributed by atoms with E-state index >= 15 is 4.39 Å². The minimum Gasteiger partial charge on any atom is -0.383 e. The molecule has 4 aromatic rings. The van der Waals surface area contributed by atoms with Crippen molar-refractivity contribution in [2.45, 2.75) is 38.5 Å². The van der Waals surface area contributed by atoms with Crippen molar-refractivity contribution in [3.8, 4) is 6.07 Å². The fourth-order valence-electron chi connectivity index (χ4n) is 5.49. The van der Waals surface area contributed by atoms with Gasteiger partial charge in [0.05, 0.1) is 53.3 Å². The van der Waals surface area contributed by atoms with Gasteiger partial charge in [-0.05, 0) is 54.7 Å². The van der Waals surface area contributed by atoms with Crippen molar-refractivity contribution in [1.82, 2.24) is 14.8 Å². The number of ether oxygens (including phenoxy) is 1. The summed E-state index contributed by atoms with van der Waals surface area (Å²) in [6.07, 6.45) is 4.49. The van der Waals surface area contributed by atoms with Crippen molar-refractivity contribution in [3.63, 3.8) is 0 Å². The summed E-state index contributed by atoms with van der Waals surface area (Å²) < 4.78 is 22.8. The third kappa shape index (κ3) is 3.33. The molecule has 2 N–H and O–H groups in total. The molecule has 2 aromatic carbocycles. The molecule has 9 heteroatoms. The van der Waals surface area contributed by atoms with Crippen molar-refractivity contribution >= 4 is 28.3 Å². The van der Waals surface area contributed by atoms with E-state index in [1.165, 1.54) is 6.07 Å². The van der Waals surface area contributed by atoms with Crippen molar-refractivity contribution in [2.24, 2.45) is 7.05 Å². The van der Waals surface area contributed by atoms with Gasteiger partial charge in [-0.1, -0.05) is 6.07 Å². The summed E-state index contributed by atoms with van der Waals surface area (Å²) in [5.41, 5.74) is 11.2. The monoisotopic (exact) mass is 482 g/mol. The highest BCUT2D eigenvalue weighted by molar-refractivity contribution is 6.09. The van der Waals surface area contributed by atoms with Crippen LogP contribution in [0.1, 0.15) is 63.7 Å². The number of carbonyl (C=O) groups excluding carboxylic acids is 1. The van der Waals surface area contributed by atoms with Gasteiger partial charge in [-0.2, -0.15) is 10.4 Å². The number of fused-ring (bicyclic) bond motifs is 4. The zero-order valence-corrected chi connectivity index (χ0v) is 19.8. The second kappa shape index (κ2) is 8.14. The second-order valence-electron chi connectivity index (χ2n) is 9.32. The molecule has 2 aliphatic rings. The minimum atomic E-state index is -0.668. The van der Waals surface area contributed by atoms with Gasteiger partial charge in [0.25, 0.3) is 5.91 Å². The number of hydrogen-bond acceptors (Lipinski definition) is 6. The van der Waals surface area contributed by atoms with Gasteiger partial charge < -0.3 is 10.5 Å². The number of rotatable bonds is 3. The lowest BCUT2D eigenvalue weighted by atomic mass is 9.98. The minimum absolute atomic E-state index is 0.0539. The lowest BCUT2D eigenvalue weighted by molar-refractivity contribution is 0.0801. The predicted molar refractivity (Wildman–Crippen MR) is 132 cm³/mol. The smallest absolute Gasteiger partial charge is 0.261 e. The zero-order chi connectivity index (χ0) is 25.1. The number of nitrogens with zero attached hydrogens (tertiary/aromatic N) is 5. The first-order valence-corrected chi connectivity index (χ1v) is 11.7. The fourth-order valence-corrected chi connectivity index (χ4v) is 5.49. The standard InChI is InChI=1S/C27H23FN6O2/c1-14-25-21(13-36-14)19-8-20(22(28)9-23(19)32-26(25)30)27(35)34(17-11-31-33(2)12-17)24-6-4-16-7-15(10-29)3-5-18(16)24/h3,5,7-9,11-12,14,24H,4,6,13H2,1-2H3,(H2,30,32)/t14-,24?/m1/s1. The molecule has 8 nitrogen and oxygen atoms in total. The van der Waals surface area contributed by atoms with Gasteiger partial charge in [-0.15, -0.1) is 0 Å². The summed E-state index contributed by atoms with van der Waals surface area (Å²) in [5, 5.41) is 14.2. The Kier molecular flexibility index (Phi) is 5.02. The van der Waals surface area contributed by atoms with Gasteiger partial charge >= 0.3 is 0 Å². The molecule has 2 aromatic heterocycles. The molecule has 1 amide bonds. The molecule has 0 saturated heterocycles. The van der Waals surface area contributed by atoms with Crippen molar-refractivity contribution in [3.05, 3.63) is 81.9 Å². The summed E-state index contributed by atoms with van der Waals surface area (Å²) in [5.74, 6) is -0.822. The molecule has 180 valence electrons. The molecule has 6 rings (SSSR count). The summed E-state index contributed by atoms with van der Waals surface area (Å²) in [7, 11) is 1.77. The number of anilines is 2. The molecule has 0 fully saturated rings. The normalized spacial score (nSPS) is 18.2. The number of aromatic nitrogens is 3. The fraction of sp³-hybridized carbons (Fsp3) is 0.259. The molecule has 2 atom stereocenters. The van der Waals surface area contributed by atoms with E-state index in [9.17, 15) is 10.1 Å². The van der Waals surface area contributed by atoms with Crippen LogP contribution in [-0.4, -0.2) is 20.7 Å². The third-order valence-corrected chi connectivity index (χ3v) is 7.19. The molecule has 3 heterocycles. The maximum absolute atomic E-state index is 15.5. The molecule has 0 radical (unpaired) electrons. The highest BCUT2D eigenvalue weighted by Gasteiger charge is 2.35. The zero-order valence-electron chi connectivity index (χ0n) is 19.8. The summed E-state index contributed by atoms with van der Waals surface area (Å²) in [6.45, 7) is 2.22. The molecule has 1 unspecified atom stereocenters. The van der Waals surface area contributed by atoms with E-state index in [2.05, 4.69) is 16.2 Å². The maximum Gasteiger partial charge on any atom is 0.261 e. The summed E-state index contributed by atoms with van der Waals surface area (Å²) in [4.78, 5) is 20.1. The highest BCUT2D eigenvalue weighted by Crippen LogP contribution is 2.41. The first kappa shape index (κ1) is 22.2. The number of nitrogen functional groups attached to an aromatic ring is 1. The first-order valence-electron chi connectivity index (χ1n) is 11.7. The van der Waals surface area contributed by atoms with E-state index in [1.54, 1.807) is 41.2 Å². The van der Waals surface area contributed by atoms with Crippen LogP contribution in [0.25, 0.3) is 10.9 Å². The van der Waals surface area contributed by atoms with Crippen LogP contribution in [-0.2, 0) is 24.8 Å². The van der Waals surface area contributed by atoms with E-state index in [0.717, 1.165) is 22.3 Å². The Balaban J connectivity index is 1.50. The molecule has 1 aliphatic heterocycles. The number of aryl methyl sites for hydroxylation is 2. The SMILES string of the molecule is C[C@H]1OCc2c1c(N)nc1cc(F)c(C(=O)N(c3cnn(C)c3)C3CCc4cc(C#N)ccc43)cc21. The molecule has 36 heavy (non-hydrogen) atoms. The van der Waals surface area contributed by atoms with Gasteiger partial charge in [0.2, 0.25) is 0 Å². The Hall–Kier alpha value is -4.29. The van der Waals surface area contributed by atoms with Crippen molar-refractivity contribution < 1.29 is 13.9 Å². The highest BCUT2D eigenvalue weighted by atomic mass is 19.1. The Morgan fingerprint density at radius 2 is 2.17 bits per heavy atom. The van der Waals surface area contributed by atoms with Crippen LogP contribution in [0.4, 0.5) is 15.9 Å². The van der Waals surface area contributed by atoms with Crippen molar-refractivity contribution in [1.29, 1.82) is 5.26 Å².